The minimum atomic E-state index is 0. The van der Waals surface area contributed by atoms with E-state index in [4.69, 9.17) is 16.5 Å². The van der Waals surface area contributed by atoms with Crippen molar-refractivity contribution in [1.82, 2.24) is 4.42 Å². The van der Waals surface area contributed by atoms with Gasteiger partial charge in [0.1, 0.15) is 0 Å². The topological polar surface area (TPSA) is 12.5 Å². The van der Waals surface area contributed by atoms with E-state index < -0.39 is 0 Å². The Morgan fingerprint density at radius 3 is 2.00 bits per heavy atom. The SMILES string of the molecule is ClN1CCOCC1.[Cl-]. The van der Waals surface area contributed by atoms with Crippen LogP contribution in [0.3, 0.4) is 0 Å². The van der Waals surface area contributed by atoms with Crippen LogP contribution in [0.5, 0.6) is 0 Å². The molecule has 1 saturated heterocycles. The Morgan fingerprint density at radius 2 is 1.75 bits per heavy atom. The van der Waals surface area contributed by atoms with Crippen LogP contribution in [0.25, 0.3) is 0 Å². The Hall–Kier alpha value is 0.500. The molecule has 0 spiro atoms. The van der Waals surface area contributed by atoms with E-state index in [9.17, 15) is 0 Å². The summed E-state index contributed by atoms with van der Waals surface area (Å²) in [7, 11) is 0. The zero-order valence-corrected chi connectivity index (χ0v) is 5.95. The molecular weight excluding hydrogens is 149 g/mol. The molecule has 8 heavy (non-hydrogen) atoms. The van der Waals surface area contributed by atoms with Crippen molar-refractivity contribution in [2.45, 2.75) is 0 Å². The molecule has 0 aromatic heterocycles. The lowest BCUT2D eigenvalue weighted by Gasteiger charge is -2.18. The number of hydrogen-bond acceptors (Lipinski definition) is 2. The summed E-state index contributed by atoms with van der Waals surface area (Å²) in [5, 5.41) is 0. The predicted octanol–water partition coefficient (Wildman–Crippen LogP) is -2.52. The van der Waals surface area contributed by atoms with Gasteiger partial charge in [0.15, 0.2) is 0 Å². The maximum absolute atomic E-state index is 5.57. The minimum absolute atomic E-state index is 0. The van der Waals surface area contributed by atoms with E-state index in [0.717, 1.165) is 26.3 Å². The molecule has 0 aromatic rings. The fraction of sp³-hybridized carbons (Fsp3) is 1.00. The summed E-state index contributed by atoms with van der Waals surface area (Å²) in [5.74, 6) is 0. The molecule has 50 valence electrons. The van der Waals surface area contributed by atoms with E-state index in [1.807, 2.05) is 0 Å². The van der Waals surface area contributed by atoms with Gasteiger partial charge in [-0.05, 0) is 11.8 Å². The highest BCUT2D eigenvalue weighted by Gasteiger charge is 2.04. The highest BCUT2D eigenvalue weighted by molar-refractivity contribution is 6.13. The van der Waals surface area contributed by atoms with Crippen LogP contribution in [0.15, 0.2) is 0 Å². The average Bonchev–Trinajstić information content (AvgIpc) is 1.69. The van der Waals surface area contributed by atoms with Crippen LogP contribution >= 0.6 is 11.8 Å². The Morgan fingerprint density at radius 1 is 1.25 bits per heavy atom. The molecule has 0 bridgehead atoms. The highest BCUT2D eigenvalue weighted by Crippen LogP contribution is 1.97. The lowest BCUT2D eigenvalue weighted by atomic mass is 10.5. The van der Waals surface area contributed by atoms with Gasteiger partial charge in [-0.25, -0.2) is 4.42 Å². The van der Waals surface area contributed by atoms with Crippen molar-refractivity contribution in [2.24, 2.45) is 0 Å². The molecule has 1 rings (SSSR count). The second-order valence-corrected chi connectivity index (χ2v) is 2.00. The third kappa shape index (κ3) is 2.72. The molecule has 1 heterocycles. The van der Waals surface area contributed by atoms with Crippen molar-refractivity contribution in [3.05, 3.63) is 0 Å². The van der Waals surface area contributed by atoms with Crippen LogP contribution in [0.2, 0.25) is 0 Å². The first-order valence-electron chi connectivity index (χ1n) is 2.38. The largest absolute Gasteiger partial charge is 1.00 e. The van der Waals surface area contributed by atoms with Gasteiger partial charge in [0.05, 0.1) is 13.2 Å². The number of halogens is 2. The predicted molar refractivity (Wildman–Crippen MR) is 28.2 cm³/mol. The first-order valence-corrected chi connectivity index (χ1v) is 2.72. The Bertz CT molecular complexity index is 56.0. The summed E-state index contributed by atoms with van der Waals surface area (Å²) in [6.45, 7) is 3.29. The molecule has 0 atom stereocenters. The number of rotatable bonds is 0. The van der Waals surface area contributed by atoms with Crippen molar-refractivity contribution >= 4 is 11.8 Å². The zero-order chi connectivity index (χ0) is 5.11. The van der Waals surface area contributed by atoms with Gasteiger partial charge in [0.25, 0.3) is 0 Å². The molecule has 4 heteroatoms. The molecule has 0 aliphatic carbocycles. The molecule has 0 aromatic carbocycles. The fourth-order valence-electron chi connectivity index (χ4n) is 0.541. The molecule has 0 unspecified atom stereocenters. The van der Waals surface area contributed by atoms with Crippen molar-refractivity contribution in [1.29, 1.82) is 0 Å². The molecule has 1 aliphatic rings. The summed E-state index contributed by atoms with van der Waals surface area (Å²) in [5.41, 5.74) is 0. The van der Waals surface area contributed by atoms with Crippen LogP contribution in [0, 0.1) is 0 Å². The molecule has 1 aliphatic heterocycles. The summed E-state index contributed by atoms with van der Waals surface area (Å²) in [4.78, 5) is 0. The third-order valence-electron chi connectivity index (χ3n) is 0.957. The van der Waals surface area contributed by atoms with Crippen LogP contribution in [0.1, 0.15) is 0 Å². The molecule has 2 nitrogen and oxygen atoms in total. The first kappa shape index (κ1) is 8.50. The second kappa shape index (κ2) is 4.39. The van der Waals surface area contributed by atoms with Crippen molar-refractivity contribution in [3.63, 3.8) is 0 Å². The van der Waals surface area contributed by atoms with Crippen molar-refractivity contribution < 1.29 is 17.1 Å². The third-order valence-corrected chi connectivity index (χ3v) is 1.29. The monoisotopic (exact) mass is 156 g/mol. The van der Waals surface area contributed by atoms with Gasteiger partial charge in [-0.2, -0.15) is 0 Å². The van der Waals surface area contributed by atoms with E-state index in [-0.39, 0.29) is 12.4 Å². The lowest BCUT2D eigenvalue weighted by molar-refractivity contribution is -0.00000227. The maximum Gasteiger partial charge on any atom is 0.0607 e. The van der Waals surface area contributed by atoms with Gasteiger partial charge in [-0.1, -0.05) is 0 Å². The van der Waals surface area contributed by atoms with Gasteiger partial charge in [0, 0.05) is 13.1 Å². The van der Waals surface area contributed by atoms with Crippen LogP contribution < -0.4 is 12.4 Å². The number of ether oxygens (including phenoxy) is 1. The van der Waals surface area contributed by atoms with Gasteiger partial charge in [-0.15, -0.1) is 0 Å². The van der Waals surface area contributed by atoms with Crippen molar-refractivity contribution in [3.8, 4) is 0 Å². The normalized spacial score (nSPS) is 22.1. The average molecular weight is 157 g/mol. The van der Waals surface area contributed by atoms with E-state index in [0.29, 0.717) is 0 Å². The van der Waals surface area contributed by atoms with Crippen molar-refractivity contribution in [2.75, 3.05) is 26.3 Å². The van der Waals surface area contributed by atoms with E-state index in [1.54, 1.807) is 4.42 Å². The zero-order valence-electron chi connectivity index (χ0n) is 4.44. The summed E-state index contributed by atoms with van der Waals surface area (Å²) >= 11 is 5.57. The summed E-state index contributed by atoms with van der Waals surface area (Å²) in [6, 6.07) is 0. The minimum Gasteiger partial charge on any atom is -1.00 e. The number of morpholine rings is 1. The van der Waals surface area contributed by atoms with E-state index in [1.165, 1.54) is 0 Å². The molecular formula is C4H8Cl2NO-. The van der Waals surface area contributed by atoms with E-state index in [2.05, 4.69) is 0 Å². The standard InChI is InChI=1S/C4H8ClNO.ClH/c5-6-1-3-7-4-2-6;/h1-4H2;1H/p-1. The summed E-state index contributed by atoms with van der Waals surface area (Å²) < 4.78 is 6.75. The molecule has 0 saturated carbocycles. The van der Waals surface area contributed by atoms with E-state index >= 15 is 0 Å². The molecule has 0 N–H and O–H groups in total. The quantitative estimate of drug-likeness (QED) is 0.360. The smallest absolute Gasteiger partial charge is 0.0607 e. The Kier molecular flexibility index (Phi) is 4.66. The van der Waals surface area contributed by atoms with Crippen LogP contribution in [0.4, 0.5) is 0 Å². The van der Waals surface area contributed by atoms with Crippen LogP contribution in [-0.2, 0) is 4.74 Å². The Balaban J connectivity index is 0.000000490. The van der Waals surface area contributed by atoms with Gasteiger partial charge >= 0.3 is 0 Å². The van der Waals surface area contributed by atoms with Gasteiger partial charge < -0.3 is 17.1 Å². The van der Waals surface area contributed by atoms with Gasteiger partial charge in [-0.3, -0.25) is 0 Å². The molecule has 1 fully saturated rings. The lowest BCUT2D eigenvalue weighted by Crippen LogP contribution is -3.00. The number of nitrogens with zero attached hydrogens (tertiary/aromatic N) is 1. The van der Waals surface area contributed by atoms with Gasteiger partial charge in [0.2, 0.25) is 0 Å². The second-order valence-electron chi connectivity index (χ2n) is 1.52. The highest BCUT2D eigenvalue weighted by atomic mass is 35.5. The number of hydrogen-bond donors (Lipinski definition) is 0. The molecule has 0 radical (unpaired) electrons. The maximum atomic E-state index is 5.57. The summed E-state index contributed by atoms with van der Waals surface area (Å²) in [6.07, 6.45) is 0. The van der Waals surface area contributed by atoms with Crippen LogP contribution in [-0.4, -0.2) is 30.7 Å². The molecule has 0 amide bonds. The fourth-order valence-corrected chi connectivity index (χ4v) is 0.679. The first-order chi connectivity index (χ1) is 3.39. The Labute approximate surface area is 60.3 Å².